The van der Waals surface area contributed by atoms with Crippen molar-refractivity contribution >= 4 is 6.08 Å². The topological polar surface area (TPSA) is 0 Å². The Morgan fingerprint density at radius 2 is 1.74 bits per heavy atom. The Labute approximate surface area is 161 Å². The van der Waals surface area contributed by atoms with Crippen molar-refractivity contribution in [3.05, 3.63) is 62.5 Å². The molecule has 1 aromatic carbocycles. The van der Waals surface area contributed by atoms with E-state index in [1.807, 2.05) is 3.28 Å². The van der Waals surface area contributed by atoms with Gasteiger partial charge in [-0.3, -0.25) is 0 Å². The van der Waals surface area contributed by atoms with E-state index in [0.29, 0.717) is 5.92 Å². The molecule has 3 rings (SSSR count). The van der Waals surface area contributed by atoms with E-state index in [4.69, 9.17) is 0 Å². The average Bonchev–Trinajstić information content (AvgIpc) is 3.07. The monoisotopic (exact) mass is 425 g/mol. The first-order valence-corrected chi connectivity index (χ1v) is 12.2. The summed E-state index contributed by atoms with van der Waals surface area (Å²) in [6, 6.07) is 9.00. The fourth-order valence-corrected chi connectivity index (χ4v) is 12.0. The normalized spacial score (nSPS) is 18.3. The molecule has 0 nitrogen and oxygen atoms in total. The van der Waals surface area contributed by atoms with Crippen LogP contribution in [0.1, 0.15) is 48.9 Å². The predicted octanol–water partition coefficient (Wildman–Crippen LogP) is 0.0790. The van der Waals surface area contributed by atoms with Crippen molar-refractivity contribution in [1.82, 2.24) is 0 Å². The van der Waals surface area contributed by atoms with Crippen molar-refractivity contribution in [2.24, 2.45) is 5.92 Å². The molecule has 2 aliphatic rings. The van der Waals surface area contributed by atoms with E-state index in [2.05, 4.69) is 76.3 Å². The average molecular weight is 428 g/mol. The molecule has 0 saturated carbocycles. The van der Waals surface area contributed by atoms with Crippen LogP contribution in [-0.2, 0) is 21.8 Å². The molecule has 123 valence electrons. The molecule has 1 atom stereocenters. The third kappa shape index (κ3) is 4.30. The van der Waals surface area contributed by atoms with Crippen molar-refractivity contribution < 1.29 is 46.6 Å². The van der Waals surface area contributed by atoms with Gasteiger partial charge in [0.05, 0.1) is 0 Å². The van der Waals surface area contributed by atoms with Gasteiger partial charge in [-0.1, -0.05) is 0 Å². The summed E-state index contributed by atoms with van der Waals surface area (Å²) in [5.41, 5.74) is 4.62. The molecule has 0 amide bonds. The Hall–Kier alpha value is -0.0969. The number of hydrogen-bond acceptors (Lipinski definition) is 0. The quantitative estimate of drug-likeness (QED) is 0.639. The second kappa shape index (κ2) is 8.84. The van der Waals surface area contributed by atoms with Gasteiger partial charge in [-0.25, -0.2) is 0 Å². The molecule has 0 spiro atoms. The van der Waals surface area contributed by atoms with E-state index in [0.717, 1.165) is 7.25 Å². The van der Waals surface area contributed by atoms with Crippen LogP contribution in [0.15, 0.2) is 51.3 Å². The Bertz CT molecular complexity index is 626. The summed E-state index contributed by atoms with van der Waals surface area (Å²) in [5.74, 6) is 0.672. The van der Waals surface area contributed by atoms with Gasteiger partial charge >= 0.3 is 138 Å². The van der Waals surface area contributed by atoms with E-state index in [1.54, 1.807) is 11.1 Å². The SMILES string of the molecule is CC(C)C1=CC[C]([Zr+2]([CH](C)C)[CH]2C=Cc3ccccc32)=C1.[Cl-].[Cl-]. The van der Waals surface area contributed by atoms with Crippen molar-refractivity contribution in [3.8, 4) is 0 Å². The first-order valence-electron chi connectivity index (χ1n) is 8.12. The van der Waals surface area contributed by atoms with Gasteiger partial charge in [-0.15, -0.1) is 0 Å². The third-order valence-electron chi connectivity index (χ3n) is 4.69. The van der Waals surface area contributed by atoms with E-state index >= 15 is 0 Å². The van der Waals surface area contributed by atoms with Crippen LogP contribution in [-0.4, -0.2) is 0 Å². The Balaban J connectivity index is 0.00000132. The standard InChI is InChI=1S/C9H7.C8H11.C3H7.2ClH.Zr/c1-2-5-9-7-3-6-8(9)4-1;1-7(2)8-5-3-4-6-8;1-3-2;;;/h1-7H;5-7H,3H2,1-2H3;3H,1-2H3;2*1H;/q;;;;;+2/p-2. The summed E-state index contributed by atoms with van der Waals surface area (Å²) in [6.45, 7) is 9.54. The number of allylic oxidation sites excluding steroid dienone is 5. The van der Waals surface area contributed by atoms with Gasteiger partial charge < -0.3 is 24.8 Å². The maximum atomic E-state index is 2.56. The molecule has 23 heavy (non-hydrogen) atoms. The largest absolute Gasteiger partial charge is 1.00 e. The molecule has 3 heteroatoms. The van der Waals surface area contributed by atoms with Crippen LogP contribution < -0.4 is 24.8 Å². The van der Waals surface area contributed by atoms with Gasteiger partial charge in [0.15, 0.2) is 0 Å². The predicted molar refractivity (Wildman–Crippen MR) is 88.9 cm³/mol. The molecule has 1 aromatic rings. The molecule has 0 saturated heterocycles. The van der Waals surface area contributed by atoms with Gasteiger partial charge in [-0.05, 0) is 0 Å². The minimum atomic E-state index is -1.68. The van der Waals surface area contributed by atoms with Crippen LogP contribution in [0.4, 0.5) is 0 Å². The molecule has 0 N–H and O–H groups in total. The Morgan fingerprint density at radius 3 is 2.35 bits per heavy atom. The molecule has 1 unspecified atom stereocenters. The minimum absolute atomic E-state index is 0. The van der Waals surface area contributed by atoms with Crippen molar-refractivity contribution in [1.29, 1.82) is 0 Å². The first-order chi connectivity index (χ1) is 10.1. The zero-order valence-corrected chi connectivity index (χ0v) is 18.3. The molecule has 2 aliphatic carbocycles. The number of rotatable bonds is 4. The van der Waals surface area contributed by atoms with Crippen LogP contribution in [0, 0.1) is 5.92 Å². The van der Waals surface area contributed by atoms with E-state index in [1.165, 1.54) is 12.0 Å². The summed E-state index contributed by atoms with van der Waals surface area (Å²) in [5, 5.41) is 0. The van der Waals surface area contributed by atoms with Crippen molar-refractivity contribution in [3.63, 3.8) is 0 Å². The zero-order valence-electron chi connectivity index (χ0n) is 14.3. The fraction of sp³-hybridized carbons (Fsp3) is 0.400. The molecule has 0 aromatic heterocycles. The first kappa shape index (κ1) is 20.9. The van der Waals surface area contributed by atoms with Crippen LogP contribution in [0.3, 0.4) is 0 Å². The second-order valence-corrected chi connectivity index (χ2v) is 15.0. The van der Waals surface area contributed by atoms with Gasteiger partial charge in [0.25, 0.3) is 0 Å². The summed E-state index contributed by atoms with van der Waals surface area (Å²) in [4.78, 5) is 0. The molecular weight excluding hydrogens is 402 g/mol. The van der Waals surface area contributed by atoms with Gasteiger partial charge in [-0.2, -0.15) is 0 Å². The van der Waals surface area contributed by atoms with Crippen LogP contribution in [0.5, 0.6) is 0 Å². The van der Waals surface area contributed by atoms with E-state index in [9.17, 15) is 0 Å². The smallest absolute Gasteiger partial charge is 1.00 e. The maximum Gasteiger partial charge on any atom is -1.00 e. The second-order valence-electron chi connectivity index (χ2n) is 6.81. The molecule has 0 radical (unpaired) electrons. The molecule has 0 fully saturated rings. The number of fused-ring (bicyclic) bond motifs is 1. The summed E-state index contributed by atoms with van der Waals surface area (Å²) in [6.07, 6.45) is 11.1. The third-order valence-corrected chi connectivity index (χ3v) is 13.3. The van der Waals surface area contributed by atoms with E-state index < -0.39 is 21.8 Å². The van der Waals surface area contributed by atoms with Crippen LogP contribution >= 0.6 is 0 Å². The number of benzene rings is 1. The summed E-state index contributed by atoms with van der Waals surface area (Å²) < 4.78 is 3.43. The minimum Gasteiger partial charge on any atom is -1.00 e. The van der Waals surface area contributed by atoms with Gasteiger partial charge in [0.1, 0.15) is 0 Å². The summed E-state index contributed by atoms with van der Waals surface area (Å²) in [7, 11) is 0. The Kier molecular flexibility index (Phi) is 8.05. The molecule has 0 heterocycles. The van der Waals surface area contributed by atoms with E-state index in [-0.39, 0.29) is 24.8 Å². The number of hydrogen-bond donors (Lipinski definition) is 0. The molecule has 0 aliphatic heterocycles. The van der Waals surface area contributed by atoms with Crippen LogP contribution in [0.2, 0.25) is 3.63 Å². The molecular formula is C20H25Cl2Zr. The Morgan fingerprint density at radius 1 is 1.04 bits per heavy atom. The van der Waals surface area contributed by atoms with Crippen molar-refractivity contribution in [2.75, 3.05) is 0 Å². The zero-order chi connectivity index (χ0) is 15.0. The van der Waals surface area contributed by atoms with Gasteiger partial charge in [0, 0.05) is 0 Å². The van der Waals surface area contributed by atoms with Gasteiger partial charge in [0.2, 0.25) is 0 Å². The maximum absolute atomic E-state index is 2.56. The summed E-state index contributed by atoms with van der Waals surface area (Å²) >= 11 is -1.68. The van der Waals surface area contributed by atoms with Crippen LogP contribution in [0.25, 0.3) is 6.08 Å². The fourth-order valence-electron chi connectivity index (χ4n) is 3.60. The molecule has 0 bridgehead atoms. The van der Waals surface area contributed by atoms with Crippen molar-refractivity contribution in [2.45, 2.75) is 41.4 Å². The number of halogens is 2.